The van der Waals surface area contributed by atoms with Crippen LogP contribution in [-0.4, -0.2) is 6.61 Å². The average Bonchev–Trinajstić information content (AvgIpc) is 2.94. The van der Waals surface area contributed by atoms with Crippen LogP contribution in [0.3, 0.4) is 0 Å². The highest BCUT2D eigenvalue weighted by Crippen LogP contribution is 2.25. The molecular weight excluding hydrogens is 292 g/mol. The van der Waals surface area contributed by atoms with Crippen LogP contribution in [0.15, 0.2) is 36.4 Å². The lowest BCUT2D eigenvalue weighted by molar-refractivity contribution is -0.0505. The predicted octanol–water partition coefficient (Wildman–Crippen LogP) is 4.76. The van der Waals surface area contributed by atoms with Crippen LogP contribution in [0.1, 0.15) is 35.2 Å². The van der Waals surface area contributed by atoms with Crippen molar-refractivity contribution in [3.8, 4) is 5.75 Å². The SMILES string of the molecule is CCc1ccc(C(C)NCc2ccccc2OC(F)F)s1. The van der Waals surface area contributed by atoms with E-state index in [1.807, 2.05) is 6.07 Å². The Hall–Kier alpha value is -1.46. The normalized spacial score (nSPS) is 12.6. The molecule has 0 spiro atoms. The zero-order chi connectivity index (χ0) is 15.2. The van der Waals surface area contributed by atoms with Crippen molar-refractivity contribution in [1.29, 1.82) is 0 Å². The zero-order valence-corrected chi connectivity index (χ0v) is 12.9. The van der Waals surface area contributed by atoms with E-state index in [1.165, 1.54) is 9.75 Å². The van der Waals surface area contributed by atoms with Gasteiger partial charge in [-0.15, -0.1) is 11.3 Å². The number of ether oxygens (including phenoxy) is 1. The lowest BCUT2D eigenvalue weighted by Crippen LogP contribution is -2.18. The molecule has 5 heteroatoms. The Labute approximate surface area is 127 Å². The van der Waals surface area contributed by atoms with Crippen LogP contribution in [0, 0.1) is 0 Å². The summed E-state index contributed by atoms with van der Waals surface area (Å²) in [5, 5.41) is 3.35. The summed E-state index contributed by atoms with van der Waals surface area (Å²) in [6.07, 6.45) is 1.03. The molecule has 2 rings (SSSR count). The van der Waals surface area contributed by atoms with Crippen molar-refractivity contribution >= 4 is 11.3 Å². The summed E-state index contributed by atoms with van der Waals surface area (Å²) < 4.78 is 29.3. The highest BCUT2D eigenvalue weighted by molar-refractivity contribution is 7.12. The number of halogens is 2. The van der Waals surface area contributed by atoms with Gasteiger partial charge in [-0.2, -0.15) is 8.78 Å². The standard InChI is InChI=1S/C16H19F2NOS/c1-3-13-8-9-15(21-13)11(2)19-10-12-6-4-5-7-14(12)20-16(17)18/h4-9,11,16,19H,3,10H2,1-2H3. The second-order valence-corrected chi connectivity index (χ2v) is 5.95. The summed E-state index contributed by atoms with van der Waals surface area (Å²) >= 11 is 1.78. The molecule has 0 aliphatic rings. The number of hydrogen-bond donors (Lipinski definition) is 1. The van der Waals surface area contributed by atoms with Gasteiger partial charge in [0.1, 0.15) is 5.75 Å². The molecule has 0 bridgehead atoms. The Morgan fingerprint density at radius 2 is 1.95 bits per heavy atom. The first-order chi connectivity index (χ1) is 10.1. The molecule has 0 radical (unpaired) electrons. The molecule has 0 fully saturated rings. The highest BCUT2D eigenvalue weighted by Gasteiger charge is 2.11. The molecule has 1 aromatic carbocycles. The number of thiophene rings is 1. The second kappa shape index (κ2) is 7.52. The van der Waals surface area contributed by atoms with Crippen molar-refractivity contribution < 1.29 is 13.5 Å². The first-order valence-corrected chi connectivity index (χ1v) is 7.76. The molecule has 1 atom stereocenters. The predicted molar refractivity (Wildman–Crippen MR) is 82.0 cm³/mol. The van der Waals surface area contributed by atoms with E-state index < -0.39 is 6.61 Å². The van der Waals surface area contributed by atoms with E-state index in [0.29, 0.717) is 6.54 Å². The second-order valence-electron chi connectivity index (χ2n) is 4.75. The molecule has 1 unspecified atom stereocenters. The molecule has 21 heavy (non-hydrogen) atoms. The number of aryl methyl sites for hydroxylation is 1. The highest BCUT2D eigenvalue weighted by atomic mass is 32.1. The van der Waals surface area contributed by atoms with Gasteiger partial charge in [0, 0.05) is 27.9 Å². The maximum Gasteiger partial charge on any atom is 0.387 e. The van der Waals surface area contributed by atoms with Gasteiger partial charge in [-0.25, -0.2) is 0 Å². The quantitative estimate of drug-likeness (QED) is 0.796. The van der Waals surface area contributed by atoms with E-state index in [9.17, 15) is 8.78 Å². The van der Waals surface area contributed by atoms with Gasteiger partial charge < -0.3 is 10.1 Å². The summed E-state index contributed by atoms with van der Waals surface area (Å²) in [6.45, 7) is 1.89. The minimum atomic E-state index is -2.80. The minimum Gasteiger partial charge on any atom is -0.434 e. The van der Waals surface area contributed by atoms with Gasteiger partial charge in [0.15, 0.2) is 0 Å². The Morgan fingerprint density at radius 3 is 2.62 bits per heavy atom. The van der Waals surface area contributed by atoms with Crippen molar-refractivity contribution in [2.45, 2.75) is 39.5 Å². The first kappa shape index (κ1) is 15.9. The van der Waals surface area contributed by atoms with Crippen LogP contribution in [0.25, 0.3) is 0 Å². The lowest BCUT2D eigenvalue weighted by atomic mass is 10.2. The van der Waals surface area contributed by atoms with Crippen molar-refractivity contribution in [3.63, 3.8) is 0 Å². The molecule has 1 aromatic heterocycles. The molecule has 1 N–H and O–H groups in total. The van der Waals surface area contributed by atoms with E-state index in [-0.39, 0.29) is 11.8 Å². The Morgan fingerprint density at radius 1 is 1.19 bits per heavy atom. The average molecular weight is 311 g/mol. The van der Waals surface area contributed by atoms with Crippen LogP contribution < -0.4 is 10.1 Å². The molecule has 0 aliphatic carbocycles. The third-order valence-electron chi connectivity index (χ3n) is 3.25. The summed E-state index contributed by atoms with van der Waals surface area (Å²) in [7, 11) is 0. The first-order valence-electron chi connectivity index (χ1n) is 6.95. The molecule has 2 aromatic rings. The van der Waals surface area contributed by atoms with Crippen LogP contribution in [-0.2, 0) is 13.0 Å². The van der Waals surface area contributed by atoms with E-state index in [1.54, 1.807) is 29.5 Å². The summed E-state index contributed by atoms with van der Waals surface area (Å²) in [5.74, 6) is 0.229. The largest absolute Gasteiger partial charge is 0.434 e. The van der Waals surface area contributed by atoms with Gasteiger partial charge in [0.05, 0.1) is 0 Å². The van der Waals surface area contributed by atoms with Gasteiger partial charge in [-0.1, -0.05) is 25.1 Å². The maximum absolute atomic E-state index is 12.4. The fourth-order valence-electron chi connectivity index (χ4n) is 2.04. The Balaban J connectivity index is 1.99. The van der Waals surface area contributed by atoms with E-state index in [4.69, 9.17) is 0 Å². The maximum atomic E-state index is 12.4. The monoisotopic (exact) mass is 311 g/mol. The molecular formula is C16H19F2NOS. The Bertz CT molecular complexity index is 571. The van der Waals surface area contributed by atoms with E-state index in [2.05, 4.69) is 36.0 Å². The molecule has 2 nitrogen and oxygen atoms in total. The molecule has 1 heterocycles. The Kier molecular flexibility index (Phi) is 5.70. The van der Waals surface area contributed by atoms with Crippen LogP contribution in [0.4, 0.5) is 8.78 Å². The van der Waals surface area contributed by atoms with Crippen LogP contribution in [0.5, 0.6) is 5.75 Å². The summed E-state index contributed by atoms with van der Waals surface area (Å²) in [5.41, 5.74) is 0.733. The zero-order valence-electron chi connectivity index (χ0n) is 12.1. The molecule has 0 saturated heterocycles. The van der Waals surface area contributed by atoms with Crippen molar-refractivity contribution in [1.82, 2.24) is 5.32 Å². The third kappa shape index (κ3) is 4.51. The number of alkyl halides is 2. The van der Waals surface area contributed by atoms with Gasteiger partial charge in [0.25, 0.3) is 0 Å². The van der Waals surface area contributed by atoms with Gasteiger partial charge >= 0.3 is 6.61 Å². The molecule has 0 amide bonds. The number of para-hydroxylation sites is 1. The summed E-state index contributed by atoms with van der Waals surface area (Å²) in [4.78, 5) is 2.60. The number of rotatable bonds is 7. The molecule has 114 valence electrons. The number of benzene rings is 1. The van der Waals surface area contributed by atoms with Gasteiger partial charge in [0.2, 0.25) is 0 Å². The summed E-state index contributed by atoms with van der Waals surface area (Å²) in [6, 6.07) is 11.3. The smallest absolute Gasteiger partial charge is 0.387 e. The van der Waals surface area contributed by atoms with Crippen molar-refractivity contribution in [2.75, 3.05) is 0 Å². The van der Waals surface area contributed by atoms with Crippen molar-refractivity contribution in [3.05, 3.63) is 51.7 Å². The van der Waals surface area contributed by atoms with Gasteiger partial charge in [-0.3, -0.25) is 0 Å². The number of hydrogen-bond acceptors (Lipinski definition) is 3. The number of nitrogens with one attached hydrogen (secondary N) is 1. The molecule has 0 aliphatic heterocycles. The van der Waals surface area contributed by atoms with Crippen molar-refractivity contribution in [2.24, 2.45) is 0 Å². The fourth-order valence-corrected chi connectivity index (χ4v) is 3.02. The minimum absolute atomic E-state index is 0.176. The third-order valence-corrected chi connectivity index (χ3v) is 4.66. The topological polar surface area (TPSA) is 21.3 Å². The lowest BCUT2D eigenvalue weighted by Gasteiger charge is -2.15. The van der Waals surface area contributed by atoms with Crippen LogP contribution >= 0.6 is 11.3 Å². The van der Waals surface area contributed by atoms with Crippen LogP contribution in [0.2, 0.25) is 0 Å². The fraction of sp³-hybridized carbons (Fsp3) is 0.375. The van der Waals surface area contributed by atoms with Gasteiger partial charge in [-0.05, 0) is 31.5 Å². The van der Waals surface area contributed by atoms with E-state index in [0.717, 1.165) is 12.0 Å². The molecule has 0 saturated carbocycles. The van der Waals surface area contributed by atoms with E-state index >= 15 is 0 Å².